The molecule has 1 amide bonds. The number of carbonyl (C=O) groups is 2. The summed E-state index contributed by atoms with van der Waals surface area (Å²) in [7, 11) is 0. The highest BCUT2D eigenvalue weighted by molar-refractivity contribution is 7.99. The highest BCUT2D eigenvalue weighted by Crippen LogP contribution is 2.13. The molecule has 0 unspecified atom stereocenters. The summed E-state index contributed by atoms with van der Waals surface area (Å²) >= 11 is 1.20. The summed E-state index contributed by atoms with van der Waals surface area (Å²) in [5.74, 6) is -1.54. The number of benzene rings is 1. The number of nitrogens with one attached hydrogen (secondary N) is 1. The molecule has 2 rings (SSSR count). The van der Waals surface area contributed by atoms with E-state index in [-0.39, 0.29) is 17.2 Å². The zero-order valence-corrected chi connectivity index (χ0v) is 14.0. The van der Waals surface area contributed by atoms with Crippen molar-refractivity contribution >= 4 is 29.9 Å². The van der Waals surface area contributed by atoms with Gasteiger partial charge in [0, 0.05) is 22.5 Å². The Labute approximate surface area is 143 Å². The Hall–Kier alpha value is -2.74. The summed E-state index contributed by atoms with van der Waals surface area (Å²) in [4.78, 5) is 31.2. The number of aromatic nitrogens is 2. The topological polar surface area (TPSA) is 107 Å². The van der Waals surface area contributed by atoms with Crippen LogP contribution in [0.15, 0.2) is 40.6 Å². The smallest absolute Gasteiger partial charge is 0.250 e. The molecule has 0 saturated heterocycles. The molecule has 0 bridgehead atoms. The van der Waals surface area contributed by atoms with E-state index in [1.165, 1.54) is 24.0 Å². The molecule has 0 atom stereocenters. The molecule has 7 nitrogen and oxygen atoms in total. The van der Waals surface area contributed by atoms with Gasteiger partial charge in [0.1, 0.15) is 0 Å². The van der Waals surface area contributed by atoms with Gasteiger partial charge in [-0.1, -0.05) is 36.0 Å². The molecule has 0 fully saturated rings. The maximum atomic E-state index is 11.8. The van der Waals surface area contributed by atoms with Crippen LogP contribution in [0.4, 0.5) is 0 Å². The van der Waals surface area contributed by atoms with Crippen molar-refractivity contribution in [3.05, 3.63) is 52.8 Å². The van der Waals surface area contributed by atoms with Crippen LogP contribution in [0.2, 0.25) is 0 Å². The van der Waals surface area contributed by atoms with Gasteiger partial charge in [-0.3, -0.25) is 4.79 Å². The molecule has 0 aliphatic rings. The van der Waals surface area contributed by atoms with Crippen molar-refractivity contribution in [2.45, 2.75) is 19.0 Å². The van der Waals surface area contributed by atoms with Gasteiger partial charge < -0.3 is 9.90 Å². The van der Waals surface area contributed by atoms with E-state index in [4.69, 9.17) is 0 Å². The fourth-order valence-corrected chi connectivity index (χ4v) is 2.63. The van der Waals surface area contributed by atoms with Crippen LogP contribution in [-0.4, -0.2) is 33.8 Å². The molecular weight excluding hydrogens is 328 g/mol. The van der Waals surface area contributed by atoms with E-state index in [2.05, 4.69) is 20.5 Å². The molecule has 0 saturated carbocycles. The molecule has 8 heteroatoms. The van der Waals surface area contributed by atoms with E-state index in [0.717, 1.165) is 11.4 Å². The van der Waals surface area contributed by atoms with Gasteiger partial charge in [0.2, 0.25) is 0 Å². The predicted molar refractivity (Wildman–Crippen MR) is 88.7 cm³/mol. The molecular formula is C16H15N4O3S-. The lowest BCUT2D eigenvalue weighted by Gasteiger charge is -2.05. The van der Waals surface area contributed by atoms with Crippen molar-refractivity contribution in [3.63, 3.8) is 0 Å². The molecule has 124 valence electrons. The molecule has 0 aliphatic carbocycles. The largest absolute Gasteiger partial charge is 0.545 e. The Bertz CT molecular complexity index is 772. The summed E-state index contributed by atoms with van der Waals surface area (Å²) in [5, 5.41) is 15.2. The average Bonchev–Trinajstić information content (AvgIpc) is 2.52. The maximum absolute atomic E-state index is 11.8. The number of thioether (sulfide) groups is 1. The van der Waals surface area contributed by atoms with Crippen LogP contribution in [0.5, 0.6) is 0 Å². The van der Waals surface area contributed by atoms with Gasteiger partial charge in [0.15, 0.2) is 5.16 Å². The first-order chi connectivity index (χ1) is 11.5. The fraction of sp³-hybridized carbons (Fsp3) is 0.188. The Morgan fingerprint density at radius 3 is 2.58 bits per heavy atom. The van der Waals surface area contributed by atoms with E-state index in [1.807, 2.05) is 19.9 Å². The van der Waals surface area contributed by atoms with Crippen LogP contribution in [-0.2, 0) is 4.79 Å². The molecule has 1 N–H and O–H groups in total. The minimum atomic E-state index is -1.30. The minimum Gasteiger partial charge on any atom is -0.545 e. The first kappa shape index (κ1) is 17.6. The van der Waals surface area contributed by atoms with Crippen molar-refractivity contribution in [2.24, 2.45) is 5.10 Å². The van der Waals surface area contributed by atoms with Gasteiger partial charge >= 0.3 is 0 Å². The number of hydrazone groups is 1. The third-order valence-electron chi connectivity index (χ3n) is 2.87. The second-order valence-electron chi connectivity index (χ2n) is 4.89. The molecule has 1 aromatic heterocycles. The molecule has 0 spiro atoms. The zero-order valence-electron chi connectivity index (χ0n) is 13.1. The standard InChI is InChI=1S/C16H16N4O3S/c1-10-7-11(2)19-16(18-10)24-9-14(21)20-17-8-12-5-3-4-6-13(12)15(22)23/h3-8H,9H2,1-2H3,(H,20,21)(H,22,23)/p-1/b17-8-. The van der Waals surface area contributed by atoms with Gasteiger partial charge in [0.25, 0.3) is 5.91 Å². The first-order valence-electron chi connectivity index (χ1n) is 7.03. The summed E-state index contributed by atoms with van der Waals surface area (Å²) < 4.78 is 0. The molecule has 2 aromatic rings. The van der Waals surface area contributed by atoms with Crippen molar-refractivity contribution in [1.82, 2.24) is 15.4 Å². The molecule has 0 aliphatic heterocycles. The monoisotopic (exact) mass is 343 g/mol. The molecule has 0 radical (unpaired) electrons. The first-order valence-corrected chi connectivity index (χ1v) is 8.01. The van der Waals surface area contributed by atoms with Crippen molar-refractivity contribution in [2.75, 3.05) is 5.75 Å². The number of nitrogens with zero attached hydrogens (tertiary/aromatic N) is 3. The fourth-order valence-electron chi connectivity index (χ4n) is 1.89. The second-order valence-corrected chi connectivity index (χ2v) is 5.83. The highest BCUT2D eigenvalue weighted by Gasteiger charge is 2.05. The lowest BCUT2D eigenvalue weighted by molar-refractivity contribution is -0.255. The van der Waals surface area contributed by atoms with Gasteiger partial charge in [-0.15, -0.1) is 0 Å². The van der Waals surface area contributed by atoms with Crippen LogP contribution in [0, 0.1) is 13.8 Å². The highest BCUT2D eigenvalue weighted by atomic mass is 32.2. The van der Waals surface area contributed by atoms with Crippen LogP contribution in [0.25, 0.3) is 0 Å². The van der Waals surface area contributed by atoms with Crippen LogP contribution in [0.1, 0.15) is 27.3 Å². The van der Waals surface area contributed by atoms with Crippen LogP contribution < -0.4 is 10.5 Å². The Morgan fingerprint density at radius 1 is 1.25 bits per heavy atom. The van der Waals surface area contributed by atoms with E-state index < -0.39 is 5.97 Å². The number of carboxylic acid groups (broad SMARTS) is 1. The van der Waals surface area contributed by atoms with Gasteiger partial charge in [0.05, 0.1) is 17.9 Å². The average molecular weight is 343 g/mol. The normalized spacial score (nSPS) is 10.8. The number of hydrogen-bond acceptors (Lipinski definition) is 7. The van der Waals surface area contributed by atoms with Crippen LogP contribution >= 0.6 is 11.8 Å². The summed E-state index contributed by atoms with van der Waals surface area (Å²) in [6.07, 6.45) is 1.26. The second kappa shape index (κ2) is 8.21. The molecule has 24 heavy (non-hydrogen) atoms. The Kier molecular flexibility index (Phi) is 6.02. The Morgan fingerprint density at radius 2 is 1.92 bits per heavy atom. The van der Waals surface area contributed by atoms with E-state index in [0.29, 0.717) is 10.7 Å². The summed E-state index contributed by atoms with van der Waals surface area (Å²) in [6, 6.07) is 8.08. The lowest BCUT2D eigenvalue weighted by atomic mass is 10.1. The third-order valence-corrected chi connectivity index (χ3v) is 3.72. The summed E-state index contributed by atoms with van der Waals surface area (Å²) in [6.45, 7) is 3.72. The van der Waals surface area contributed by atoms with Gasteiger partial charge in [-0.05, 0) is 19.9 Å². The number of carbonyl (C=O) groups excluding carboxylic acids is 2. The van der Waals surface area contributed by atoms with E-state index in [1.54, 1.807) is 18.2 Å². The predicted octanol–water partition coefficient (Wildman–Crippen LogP) is 0.699. The van der Waals surface area contributed by atoms with Crippen molar-refractivity contribution in [3.8, 4) is 0 Å². The van der Waals surface area contributed by atoms with Gasteiger partial charge in [-0.2, -0.15) is 5.10 Å². The van der Waals surface area contributed by atoms with E-state index in [9.17, 15) is 14.7 Å². The number of hydrogen-bond donors (Lipinski definition) is 1. The molecule has 1 heterocycles. The van der Waals surface area contributed by atoms with Crippen LogP contribution in [0.3, 0.4) is 0 Å². The number of aromatic carboxylic acids is 1. The van der Waals surface area contributed by atoms with E-state index >= 15 is 0 Å². The Balaban J connectivity index is 1.90. The number of rotatable bonds is 6. The third kappa shape index (κ3) is 5.17. The van der Waals surface area contributed by atoms with Crippen molar-refractivity contribution in [1.29, 1.82) is 0 Å². The summed E-state index contributed by atoms with van der Waals surface area (Å²) in [5.41, 5.74) is 4.37. The maximum Gasteiger partial charge on any atom is 0.250 e. The lowest BCUT2D eigenvalue weighted by Crippen LogP contribution is -2.24. The minimum absolute atomic E-state index is 0.00788. The quantitative estimate of drug-likeness (QED) is 0.358. The number of amides is 1. The molecule has 1 aromatic carbocycles. The number of aryl methyl sites for hydroxylation is 2. The zero-order chi connectivity index (χ0) is 17.5. The van der Waals surface area contributed by atoms with Gasteiger partial charge in [-0.25, -0.2) is 15.4 Å². The number of carboxylic acids is 1. The van der Waals surface area contributed by atoms with Crippen molar-refractivity contribution < 1.29 is 14.7 Å². The SMILES string of the molecule is Cc1cc(C)nc(SCC(=O)N/N=C\c2ccccc2C(=O)[O-])n1.